The van der Waals surface area contributed by atoms with E-state index in [2.05, 4.69) is 12.2 Å². The van der Waals surface area contributed by atoms with Gasteiger partial charge in [0, 0.05) is 35.8 Å². The number of rotatable bonds is 13. The molecule has 1 rings (SSSR count). The van der Waals surface area contributed by atoms with Gasteiger partial charge in [0.15, 0.2) is 0 Å². The maximum atomic E-state index is 12.4. The number of Topliss-reactive ketones (excluding diaryl/α,β-unsaturated/α-hetero) is 1. The summed E-state index contributed by atoms with van der Waals surface area (Å²) in [6.45, 7) is 3.41. The van der Waals surface area contributed by atoms with Gasteiger partial charge in [-0.15, -0.1) is 0 Å². The second-order valence-corrected chi connectivity index (χ2v) is 8.13. The number of thioether (sulfide) groups is 1. The van der Waals surface area contributed by atoms with Crippen LogP contribution in [0.15, 0.2) is 24.3 Å². The zero-order chi connectivity index (χ0) is 20.2. The number of carboxylic acids is 1. The quantitative estimate of drug-likeness (QED) is 0.460. The predicted molar refractivity (Wildman–Crippen MR) is 110 cm³/mol. The number of aliphatic carboxylic acids is 1. The van der Waals surface area contributed by atoms with E-state index < -0.39 is 17.9 Å². The Morgan fingerprint density at radius 3 is 2.48 bits per heavy atom. The SMILES string of the molecule is CCCCCCC(=O)C[C@H](SC[C@H](NC(C)=O)C(=O)O)c1ccccc1Cl. The van der Waals surface area contributed by atoms with Crippen LogP contribution in [0.1, 0.15) is 63.2 Å². The summed E-state index contributed by atoms with van der Waals surface area (Å²) >= 11 is 7.64. The number of ketones is 1. The highest BCUT2D eigenvalue weighted by molar-refractivity contribution is 7.99. The normalized spacial score (nSPS) is 13.0. The Morgan fingerprint density at radius 1 is 1.19 bits per heavy atom. The van der Waals surface area contributed by atoms with Crippen LogP contribution in [-0.2, 0) is 14.4 Å². The maximum absolute atomic E-state index is 12.4. The fourth-order valence-electron chi connectivity index (χ4n) is 2.69. The van der Waals surface area contributed by atoms with E-state index in [0.717, 1.165) is 31.2 Å². The van der Waals surface area contributed by atoms with E-state index in [1.54, 1.807) is 6.07 Å². The topological polar surface area (TPSA) is 83.5 Å². The molecule has 7 heteroatoms. The molecule has 1 aromatic rings. The molecule has 0 radical (unpaired) electrons. The van der Waals surface area contributed by atoms with Crippen molar-refractivity contribution in [2.45, 2.75) is 63.7 Å². The Bertz CT molecular complexity index is 638. The number of carbonyl (C=O) groups is 3. The molecule has 2 N–H and O–H groups in total. The largest absolute Gasteiger partial charge is 0.480 e. The van der Waals surface area contributed by atoms with Crippen LogP contribution in [0.2, 0.25) is 5.02 Å². The molecule has 2 atom stereocenters. The van der Waals surface area contributed by atoms with E-state index in [4.69, 9.17) is 11.6 Å². The Hall–Kier alpha value is -1.53. The number of unbranched alkanes of at least 4 members (excludes halogenated alkanes) is 3. The number of amides is 1. The van der Waals surface area contributed by atoms with Crippen molar-refractivity contribution in [1.29, 1.82) is 0 Å². The van der Waals surface area contributed by atoms with Crippen LogP contribution in [-0.4, -0.2) is 34.6 Å². The van der Waals surface area contributed by atoms with Gasteiger partial charge in [-0.1, -0.05) is 56.0 Å². The highest BCUT2D eigenvalue weighted by atomic mass is 35.5. The fraction of sp³-hybridized carbons (Fsp3) is 0.550. The second-order valence-electron chi connectivity index (χ2n) is 6.49. The third kappa shape index (κ3) is 9.29. The minimum Gasteiger partial charge on any atom is -0.480 e. The number of nitrogens with one attached hydrogen (secondary N) is 1. The number of benzene rings is 1. The van der Waals surface area contributed by atoms with Crippen molar-refractivity contribution in [1.82, 2.24) is 5.32 Å². The molecule has 1 aromatic carbocycles. The van der Waals surface area contributed by atoms with Gasteiger partial charge in [-0.2, -0.15) is 11.8 Å². The lowest BCUT2D eigenvalue weighted by Gasteiger charge is -2.20. The first-order valence-electron chi connectivity index (χ1n) is 9.22. The van der Waals surface area contributed by atoms with Crippen molar-refractivity contribution >= 4 is 41.0 Å². The zero-order valence-corrected chi connectivity index (χ0v) is 17.4. The van der Waals surface area contributed by atoms with Crippen LogP contribution in [0.5, 0.6) is 0 Å². The lowest BCUT2D eigenvalue weighted by molar-refractivity contribution is -0.140. The van der Waals surface area contributed by atoms with Gasteiger partial charge in [-0.3, -0.25) is 9.59 Å². The first-order chi connectivity index (χ1) is 12.8. The van der Waals surface area contributed by atoms with Crippen molar-refractivity contribution in [3.63, 3.8) is 0 Å². The molecule has 5 nitrogen and oxygen atoms in total. The Kier molecular flexibility index (Phi) is 11.1. The van der Waals surface area contributed by atoms with Crippen molar-refractivity contribution in [2.24, 2.45) is 0 Å². The highest BCUT2D eigenvalue weighted by Gasteiger charge is 2.24. The summed E-state index contributed by atoms with van der Waals surface area (Å²) in [5.74, 6) is -1.19. The van der Waals surface area contributed by atoms with Crippen molar-refractivity contribution in [3.8, 4) is 0 Å². The number of carbonyl (C=O) groups excluding carboxylic acids is 2. The first kappa shape index (κ1) is 23.5. The minimum absolute atomic E-state index is 0.148. The molecule has 0 spiro atoms. The van der Waals surface area contributed by atoms with E-state index >= 15 is 0 Å². The van der Waals surface area contributed by atoms with E-state index in [1.807, 2.05) is 18.2 Å². The molecule has 0 fully saturated rings. The molecule has 0 saturated carbocycles. The van der Waals surface area contributed by atoms with Crippen LogP contribution in [0.4, 0.5) is 0 Å². The van der Waals surface area contributed by atoms with Gasteiger partial charge in [-0.25, -0.2) is 4.79 Å². The van der Waals surface area contributed by atoms with Gasteiger partial charge in [0.25, 0.3) is 0 Å². The first-order valence-corrected chi connectivity index (χ1v) is 10.7. The molecule has 0 aliphatic rings. The summed E-state index contributed by atoms with van der Waals surface area (Å²) in [5.41, 5.74) is 0.818. The third-order valence-electron chi connectivity index (χ3n) is 4.11. The Morgan fingerprint density at radius 2 is 1.89 bits per heavy atom. The molecule has 150 valence electrons. The Balaban J connectivity index is 2.79. The van der Waals surface area contributed by atoms with E-state index in [9.17, 15) is 19.5 Å². The van der Waals surface area contributed by atoms with Gasteiger partial charge in [0.2, 0.25) is 5.91 Å². The van der Waals surface area contributed by atoms with Crippen molar-refractivity contribution < 1.29 is 19.5 Å². The van der Waals surface area contributed by atoms with Crippen LogP contribution in [0.3, 0.4) is 0 Å². The molecule has 0 aliphatic heterocycles. The molecule has 1 amide bonds. The fourth-order valence-corrected chi connectivity index (χ4v) is 4.36. The number of halogens is 1. The molecule has 0 saturated heterocycles. The summed E-state index contributed by atoms with van der Waals surface area (Å²) in [6, 6.07) is 6.29. The van der Waals surface area contributed by atoms with E-state index in [0.29, 0.717) is 17.9 Å². The van der Waals surface area contributed by atoms with Crippen molar-refractivity contribution in [2.75, 3.05) is 5.75 Å². The zero-order valence-electron chi connectivity index (χ0n) is 15.9. The second kappa shape index (κ2) is 12.8. The van der Waals surface area contributed by atoms with Crippen LogP contribution < -0.4 is 5.32 Å². The summed E-state index contributed by atoms with van der Waals surface area (Å²) in [5, 5.41) is 12.0. The highest BCUT2D eigenvalue weighted by Crippen LogP contribution is 2.37. The molecular formula is C20H28ClNO4S. The lowest BCUT2D eigenvalue weighted by Crippen LogP contribution is -2.41. The molecule has 0 heterocycles. The molecule has 0 aliphatic carbocycles. The van der Waals surface area contributed by atoms with E-state index in [-0.39, 0.29) is 16.8 Å². The molecular weight excluding hydrogens is 386 g/mol. The number of carboxylic acid groups (broad SMARTS) is 1. The van der Waals surface area contributed by atoms with Gasteiger partial charge in [0.1, 0.15) is 11.8 Å². The third-order valence-corrected chi connectivity index (χ3v) is 5.81. The minimum atomic E-state index is -1.10. The van der Waals surface area contributed by atoms with Gasteiger partial charge < -0.3 is 10.4 Å². The summed E-state index contributed by atoms with van der Waals surface area (Å²) in [7, 11) is 0. The monoisotopic (exact) mass is 413 g/mol. The molecule has 0 bridgehead atoms. The van der Waals surface area contributed by atoms with Crippen LogP contribution >= 0.6 is 23.4 Å². The number of hydrogen-bond donors (Lipinski definition) is 2. The Labute approximate surface area is 170 Å². The van der Waals surface area contributed by atoms with Crippen LogP contribution in [0, 0.1) is 0 Å². The molecule has 0 unspecified atom stereocenters. The summed E-state index contributed by atoms with van der Waals surface area (Å²) in [6.07, 6.45) is 4.97. The van der Waals surface area contributed by atoms with Gasteiger partial charge in [-0.05, 0) is 18.1 Å². The lowest BCUT2D eigenvalue weighted by atomic mass is 10.0. The number of hydrogen-bond acceptors (Lipinski definition) is 4. The van der Waals surface area contributed by atoms with Crippen molar-refractivity contribution in [3.05, 3.63) is 34.9 Å². The van der Waals surface area contributed by atoms with Crippen LogP contribution in [0.25, 0.3) is 0 Å². The maximum Gasteiger partial charge on any atom is 0.327 e. The summed E-state index contributed by atoms with van der Waals surface area (Å²) in [4.78, 5) is 35.0. The molecule has 27 heavy (non-hydrogen) atoms. The average molecular weight is 414 g/mol. The predicted octanol–water partition coefficient (Wildman–Crippen LogP) is 4.63. The smallest absolute Gasteiger partial charge is 0.327 e. The van der Waals surface area contributed by atoms with Gasteiger partial charge in [0.05, 0.1) is 0 Å². The van der Waals surface area contributed by atoms with E-state index in [1.165, 1.54) is 18.7 Å². The summed E-state index contributed by atoms with van der Waals surface area (Å²) < 4.78 is 0. The standard InChI is InChI=1S/C20H28ClNO4S/c1-3-4-5-6-9-15(24)12-19(16-10-7-8-11-17(16)21)27-13-18(20(25)26)22-14(2)23/h7-8,10-11,18-19H,3-6,9,12-13H2,1-2H3,(H,22,23)(H,25,26)/t18-,19-/m0/s1. The van der Waals surface area contributed by atoms with Gasteiger partial charge >= 0.3 is 5.97 Å². The average Bonchev–Trinajstić information content (AvgIpc) is 2.61. The molecule has 0 aromatic heterocycles.